The van der Waals surface area contributed by atoms with Gasteiger partial charge in [-0.15, -0.1) is 0 Å². The van der Waals surface area contributed by atoms with E-state index in [1.165, 1.54) is 12.1 Å². The highest BCUT2D eigenvalue weighted by Gasteiger charge is 2.15. The number of halogens is 2. The normalized spacial score (nSPS) is 10.2. The summed E-state index contributed by atoms with van der Waals surface area (Å²) in [5.41, 5.74) is 1.17. The van der Waals surface area contributed by atoms with Crippen molar-refractivity contribution < 1.29 is 9.72 Å². The molecule has 0 unspecified atom stereocenters. The number of hydrogen-bond donors (Lipinski definition) is 1. The van der Waals surface area contributed by atoms with Crippen molar-refractivity contribution in [3.63, 3.8) is 0 Å². The Hall–Kier alpha value is -1.92. The third kappa shape index (κ3) is 3.40. The zero-order valence-electron chi connectivity index (χ0n) is 10.9. The molecule has 0 aliphatic rings. The number of nitrogens with one attached hydrogen (secondary N) is 1. The maximum Gasteiger partial charge on any atom is 0.274 e. The Kier molecular flexibility index (Phi) is 4.59. The molecule has 2 aromatic carbocycles. The molecule has 0 saturated carbocycles. The average molecular weight is 370 g/mol. The molecule has 0 spiro atoms. The van der Waals surface area contributed by atoms with Gasteiger partial charge in [-0.25, -0.2) is 0 Å². The monoisotopic (exact) mass is 368 g/mol. The van der Waals surface area contributed by atoms with Gasteiger partial charge in [0.25, 0.3) is 11.6 Å². The van der Waals surface area contributed by atoms with E-state index >= 15 is 0 Å². The first-order valence-electron chi connectivity index (χ1n) is 5.90. The van der Waals surface area contributed by atoms with Crippen molar-refractivity contribution in [3.8, 4) is 0 Å². The second kappa shape index (κ2) is 6.24. The average Bonchev–Trinajstić information content (AvgIpc) is 2.43. The zero-order valence-corrected chi connectivity index (χ0v) is 13.2. The number of nitro groups is 1. The van der Waals surface area contributed by atoms with Crippen LogP contribution in [0.2, 0.25) is 5.02 Å². The lowest BCUT2D eigenvalue weighted by Crippen LogP contribution is -2.13. The Morgan fingerprint density at radius 2 is 2.05 bits per heavy atom. The summed E-state index contributed by atoms with van der Waals surface area (Å²) in [6, 6.07) is 9.30. The molecule has 1 amide bonds. The summed E-state index contributed by atoms with van der Waals surface area (Å²) in [5, 5.41) is 14.0. The van der Waals surface area contributed by atoms with Gasteiger partial charge in [0.15, 0.2) is 0 Å². The van der Waals surface area contributed by atoms with Crippen LogP contribution in [0.25, 0.3) is 0 Å². The van der Waals surface area contributed by atoms with Crippen molar-refractivity contribution in [2.75, 3.05) is 5.32 Å². The van der Waals surface area contributed by atoms with Crippen LogP contribution in [0, 0.1) is 17.0 Å². The van der Waals surface area contributed by atoms with Crippen LogP contribution >= 0.6 is 27.5 Å². The summed E-state index contributed by atoms with van der Waals surface area (Å²) in [5.74, 6) is -0.365. The van der Waals surface area contributed by atoms with E-state index in [0.717, 1.165) is 0 Å². The predicted octanol–water partition coefficient (Wildman–Crippen LogP) is 4.57. The van der Waals surface area contributed by atoms with Gasteiger partial charge >= 0.3 is 0 Å². The van der Waals surface area contributed by atoms with Gasteiger partial charge in [0.05, 0.1) is 21.2 Å². The Morgan fingerprint density at radius 3 is 2.67 bits per heavy atom. The number of amides is 1. The molecule has 0 aliphatic heterocycles. The zero-order chi connectivity index (χ0) is 15.6. The van der Waals surface area contributed by atoms with Gasteiger partial charge in [0.1, 0.15) is 0 Å². The fourth-order valence-electron chi connectivity index (χ4n) is 1.79. The highest BCUT2D eigenvalue weighted by Crippen LogP contribution is 2.27. The minimum atomic E-state index is -0.482. The molecule has 21 heavy (non-hydrogen) atoms. The van der Waals surface area contributed by atoms with E-state index in [1.54, 1.807) is 31.2 Å². The number of nitro benzene ring substituents is 1. The number of nitrogens with zero attached hydrogens (tertiary/aromatic N) is 1. The number of benzene rings is 2. The first-order chi connectivity index (χ1) is 9.90. The van der Waals surface area contributed by atoms with Crippen molar-refractivity contribution in [1.29, 1.82) is 0 Å². The van der Waals surface area contributed by atoms with Crippen LogP contribution in [0.1, 0.15) is 15.9 Å². The second-order valence-electron chi connectivity index (χ2n) is 4.29. The molecule has 0 radical (unpaired) electrons. The van der Waals surface area contributed by atoms with Gasteiger partial charge in [0.2, 0.25) is 0 Å². The maximum atomic E-state index is 12.2. The number of carbonyl (C=O) groups is 1. The molecule has 0 aromatic heterocycles. The lowest BCUT2D eigenvalue weighted by molar-refractivity contribution is -0.385. The maximum absolute atomic E-state index is 12.2. The standard InChI is InChI=1S/C14H10BrClN2O3/c1-8-12(3-2-4-13(8)18(20)21)17-14(19)9-5-6-11(16)10(15)7-9/h2-7H,1H3,(H,17,19). The summed E-state index contributed by atoms with van der Waals surface area (Å²) in [4.78, 5) is 22.6. The molecule has 0 fully saturated rings. The Bertz CT molecular complexity index is 734. The van der Waals surface area contributed by atoms with E-state index < -0.39 is 4.92 Å². The first kappa shape index (κ1) is 15.5. The Balaban J connectivity index is 2.29. The summed E-state index contributed by atoms with van der Waals surface area (Å²) >= 11 is 9.12. The molecule has 2 aromatic rings. The lowest BCUT2D eigenvalue weighted by Gasteiger charge is -2.09. The lowest BCUT2D eigenvalue weighted by atomic mass is 10.1. The number of anilines is 1. The molecule has 0 bridgehead atoms. The van der Waals surface area contributed by atoms with Gasteiger partial charge in [-0.3, -0.25) is 14.9 Å². The third-order valence-corrected chi connectivity index (χ3v) is 4.15. The van der Waals surface area contributed by atoms with Crippen molar-refractivity contribution in [1.82, 2.24) is 0 Å². The molecule has 7 heteroatoms. The van der Waals surface area contributed by atoms with E-state index in [-0.39, 0.29) is 11.6 Å². The molecule has 0 heterocycles. The van der Waals surface area contributed by atoms with Crippen molar-refractivity contribution in [2.24, 2.45) is 0 Å². The highest BCUT2D eigenvalue weighted by molar-refractivity contribution is 9.10. The van der Waals surface area contributed by atoms with E-state index in [4.69, 9.17) is 11.6 Å². The quantitative estimate of drug-likeness (QED) is 0.636. The van der Waals surface area contributed by atoms with Crippen LogP contribution in [0.15, 0.2) is 40.9 Å². The van der Waals surface area contributed by atoms with Crippen LogP contribution in [0.5, 0.6) is 0 Å². The third-order valence-electron chi connectivity index (χ3n) is 2.93. The minimum absolute atomic E-state index is 0.0370. The van der Waals surface area contributed by atoms with Crippen LogP contribution < -0.4 is 5.32 Å². The fraction of sp³-hybridized carbons (Fsp3) is 0.0714. The molecule has 0 saturated heterocycles. The van der Waals surface area contributed by atoms with Gasteiger partial charge in [-0.2, -0.15) is 0 Å². The smallest absolute Gasteiger partial charge is 0.274 e. The molecular formula is C14H10BrClN2O3. The minimum Gasteiger partial charge on any atom is -0.321 e. The van der Waals surface area contributed by atoms with E-state index in [1.807, 2.05) is 0 Å². The van der Waals surface area contributed by atoms with E-state index in [2.05, 4.69) is 21.2 Å². The Labute approximate surface area is 134 Å². The fourth-order valence-corrected chi connectivity index (χ4v) is 2.28. The summed E-state index contributed by atoms with van der Waals surface area (Å²) in [7, 11) is 0. The summed E-state index contributed by atoms with van der Waals surface area (Å²) in [6.45, 7) is 1.59. The van der Waals surface area contributed by atoms with Gasteiger partial charge in [-0.1, -0.05) is 17.7 Å². The summed E-state index contributed by atoms with van der Waals surface area (Å²) < 4.78 is 0.604. The molecular weight excluding hydrogens is 360 g/mol. The van der Waals surface area contributed by atoms with Crippen LogP contribution in [-0.4, -0.2) is 10.8 Å². The van der Waals surface area contributed by atoms with Crippen LogP contribution in [0.3, 0.4) is 0 Å². The van der Waals surface area contributed by atoms with Crippen LogP contribution in [0.4, 0.5) is 11.4 Å². The van der Waals surface area contributed by atoms with Crippen LogP contribution in [-0.2, 0) is 0 Å². The van der Waals surface area contributed by atoms with Crippen molar-refractivity contribution in [3.05, 3.63) is 67.1 Å². The van der Waals surface area contributed by atoms with Gasteiger partial charge in [-0.05, 0) is 47.1 Å². The second-order valence-corrected chi connectivity index (χ2v) is 5.55. The Morgan fingerprint density at radius 1 is 1.33 bits per heavy atom. The van der Waals surface area contributed by atoms with Crippen molar-refractivity contribution in [2.45, 2.75) is 6.92 Å². The molecule has 108 valence electrons. The number of hydrogen-bond acceptors (Lipinski definition) is 3. The van der Waals surface area contributed by atoms with E-state index in [0.29, 0.717) is 26.3 Å². The number of rotatable bonds is 3. The van der Waals surface area contributed by atoms with Gasteiger partial charge in [0, 0.05) is 16.1 Å². The van der Waals surface area contributed by atoms with Crippen molar-refractivity contribution >= 4 is 44.8 Å². The number of carbonyl (C=O) groups excluding carboxylic acids is 1. The SMILES string of the molecule is Cc1c(NC(=O)c2ccc(Cl)c(Br)c2)cccc1[N+](=O)[O-]. The predicted molar refractivity (Wildman–Crippen MR) is 84.9 cm³/mol. The van der Waals surface area contributed by atoms with E-state index in [9.17, 15) is 14.9 Å². The topological polar surface area (TPSA) is 72.2 Å². The molecule has 2 rings (SSSR count). The molecule has 5 nitrogen and oxygen atoms in total. The molecule has 0 atom stereocenters. The molecule has 1 N–H and O–H groups in total. The molecule has 0 aliphatic carbocycles. The largest absolute Gasteiger partial charge is 0.321 e. The first-order valence-corrected chi connectivity index (χ1v) is 7.07. The summed E-state index contributed by atoms with van der Waals surface area (Å²) in [6.07, 6.45) is 0. The highest BCUT2D eigenvalue weighted by atomic mass is 79.9. The van der Waals surface area contributed by atoms with Gasteiger partial charge < -0.3 is 5.32 Å².